The van der Waals surface area contributed by atoms with Crippen molar-refractivity contribution in [3.8, 4) is 0 Å². The molecule has 1 aliphatic carbocycles. The van der Waals surface area contributed by atoms with Gasteiger partial charge >= 0.3 is 0 Å². The Hall–Kier alpha value is 0.0700. The molecule has 1 rings (SSSR count). The molecule has 1 fully saturated rings. The van der Waals surface area contributed by atoms with Crippen molar-refractivity contribution in [3.63, 3.8) is 0 Å². The highest BCUT2D eigenvalue weighted by atomic mass is 35.5. The van der Waals surface area contributed by atoms with E-state index in [0.717, 1.165) is 32.2 Å². The Bertz CT molecular complexity index is 277. The molecule has 1 amide bonds. The molecule has 0 spiro atoms. The van der Waals surface area contributed by atoms with Crippen LogP contribution in [0.5, 0.6) is 0 Å². The molecule has 0 saturated heterocycles. The second kappa shape index (κ2) is 9.91. The summed E-state index contributed by atoms with van der Waals surface area (Å²) in [5.74, 6) is 0.573. The molecule has 0 aliphatic heterocycles. The molecule has 0 radical (unpaired) electrons. The van der Waals surface area contributed by atoms with Crippen LogP contribution in [0.15, 0.2) is 0 Å². The van der Waals surface area contributed by atoms with E-state index in [1.54, 1.807) is 0 Å². The van der Waals surface area contributed by atoms with Crippen LogP contribution in [0.3, 0.4) is 0 Å². The molecule has 5 heteroatoms. The van der Waals surface area contributed by atoms with Crippen LogP contribution in [0.4, 0.5) is 0 Å². The molecule has 0 aromatic carbocycles. The van der Waals surface area contributed by atoms with Crippen molar-refractivity contribution in [2.24, 2.45) is 11.7 Å². The van der Waals surface area contributed by atoms with Gasteiger partial charge in [0.2, 0.25) is 5.91 Å². The highest BCUT2D eigenvalue weighted by molar-refractivity contribution is 8.00. The summed E-state index contributed by atoms with van der Waals surface area (Å²) in [6.45, 7) is 5.17. The first-order chi connectivity index (χ1) is 9.06. The molecule has 3 nitrogen and oxygen atoms in total. The van der Waals surface area contributed by atoms with E-state index < -0.39 is 0 Å². The van der Waals surface area contributed by atoms with Crippen LogP contribution in [0, 0.1) is 5.92 Å². The van der Waals surface area contributed by atoms with Gasteiger partial charge in [0.25, 0.3) is 0 Å². The summed E-state index contributed by atoms with van der Waals surface area (Å²) in [5, 5.41) is 3.13. The van der Waals surface area contributed by atoms with Gasteiger partial charge in [0.15, 0.2) is 0 Å². The molecular formula is C15H31ClN2OS. The van der Waals surface area contributed by atoms with Gasteiger partial charge in [0, 0.05) is 23.8 Å². The van der Waals surface area contributed by atoms with Gasteiger partial charge in [0.1, 0.15) is 0 Å². The number of rotatable bonds is 7. The summed E-state index contributed by atoms with van der Waals surface area (Å²) < 4.78 is 0.199. The van der Waals surface area contributed by atoms with Crippen LogP contribution < -0.4 is 11.1 Å². The Kier molecular flexibility index (Phi) is 9.94. The summed E-state index contributed by atoms with van der Waals surface area (Å²) in [4.78, 5) is 12.1. The lowest BCUT2D eigenvalue weighted by Gasteiger charge is -2.31. The van der Waals surface area contributed by atoms with Crippen molar-refractivity contribution in [2.75, 3.05) is 12.8 Å². The highest BCUT2D eigenvalue weighted by Crippen LogP contribution is 2.30. The molecule has 3 N–H and O–H groups in total. The van der Waals surface area contributed by atoms with Crippen LogP contribution in [0.2, 0.25) is 0 Å². The van der Waals surface area contributed by atoms with Gasteiger partial charge in [-0.1, -0.05) is 26.7 Å². The summed E-state index contributed by atoms with van der Waals surface area (Å²) in [7, 11) is 0. The van der Waals surface area contributed by atoms with E-state index in [1.165, 1.54) is 12.8 Å². The number of thioether (sulfide) groups is 1. The van der Waals surface area contributed by atoms with E-state index in [4.69, 9.17) is 5.73 Å². The zero-order chi connectivity index (χ0) is 14.3. The number of hydrogen-bond acceptors (Lipinski definition) is 3. The number of hydrogen-bond donors (Lipinski definition) is 2. The topological polar surface area (TPSA) is 55.1 Å². The number of nitrogens with two attached hydrogens (primary N) is 1. The highest BCUT2D eigenvalue weighted by Gasteiger charge is 2.27. The zero-order valence-electron chi connectivity index (χ0n) is 13.1. The van der Waals surface area contributed by atoms with E-state index >= 15 is 0 Å². The first kappa shape index (κ1) is 20.1. The van der Waals surface area contributed by atoms with Crippen LogP contribution in [-0.2, 0) is 4.79 Å². The third-order valence-corrected chi connectivity index (χ3v) is 6.33. The molecule has 0 heterocycles. The Morgan fingerprint density at radius 2 is 1.90 bits per heavy atom. The predicted octanol–water partition coefficient (Wildman–Crippen LogP) is 3.35. The van der Waals surface area contributed by atoms with Gasteiger partial charge < -0.3 is 11.1 Å². The van der Waals surface area contributed by atoms with Crippen molar-refractivity contribution < 1.29 is 4.79 Å². The molecule has 0 aromatic rings. The maximum atomic E-state index is 12.1. The molecule has 1 aliphatic rings. The Morgan fingerprint density at radius 1 is 1.30 bits per heavy atom. The Labute approximate surface area is 134 Å². The van der Waals surface area contributed by atoms with Gasteiger partial charge in [-0.05, 0) is 37.9 Å². The van der Waals surface area contributed by atoms with Crippen LogP contribution in [0.1, 0.15) is 58.8 Å². The number of amides is 1. The maximum Gasteiger partial charge on any atom is 0.220 e. The molecule has 2 unspecified atom stereocenters. The number of nitrogens with one attached hydrogen (secondary N) is 1. The van der Waals surface area contributed by atoms with Crippen molar-refractivity contribution >= 4 is 30.1 Å². The quantitative estimate of drug-likeness (QED) is 0.755. The SMILES string of the molecule is CCC(CC)(CNC(=O)CC1CCCCC1N)SC.Cl. The van der Waals surface area contributed by atoms with Crippen molar-refractivity contribution in [2.45, 2.75) is 69.6 Å². The minimum absolute atomic E-state index is 0. The van der Waals surface area contributed by atoms with Crippen molar-refractivity contribution in [1.82, 2.24) is 5.32 Å². The minimum atomic E-state index is 0. The lowest BCUT2D eigenvalue weighted by Crippen LogP contribution is -2.42. The van der Waals surface area contributed by atoms with E-state index in [-0.39, 0.29) is 29.1 Å². The molecule has 2 atom stereocenters. The average Bonchev–Trinajstić information content (AvgIpc) is 2.44. The van der Waals surface area contributed by atoms with Gasteiger partial charge in [-0.2, -0.15) is 11.8 Å². The van der Waals surface area contributed by atoms with Crippen molar-refractivity contribution in [1.29, 1.82) is 0 Å². The average molecular weight is 323 g/mol. The number of halogens is 1. The molecular weight excluding hydrogens is 292 g/mol. The summed E-state index contributed by atoms with van der Waals surface area (Å²) in [5.41, 5.74) is 6.10. The first-order valence-electron chi connectivity index (χ1n) is 7.64. The molecule has 20 heavy (non-hydrogen) atoms. The van der Waals surface area contributed by atoms with Crippen LogP contribution >= 0.6 is 24.2 Å². The fourth-order valence-corrected chi connectivity index (χ4v) is 3.71. The van der Waals surface area contributed by atoms with Crippen molar-refractivity contribution in [3.05, 3.63) is 0 Å². The molecule has 0 bridgehead atoms. The van der Waals surface area contributed by atoms with E-state index in [0.29, 0.717) is 12.3 Å². The lowest BCUT2D eigenvalue weighted by atomic mass is 9.83. The Morgan fingerprint density at radius 3 is 2.40 bits per heavy atom. The Balaban J connectivity index is 0.00000361. The zero-order valence-corrected chi connectivity index (χ0v) is 14.7. The fourth-order valence-electron chi connectivity index (χ4n) is 2.92. The maximum absolute atomic E-state index is 12.1. The van der Waals surface area contributed by atoms with Gasteiger partial charge in [-0.15, -0.1) is 12.4 Å². The van der Waals surface area contributed by atoms with Gasteiger partial charge in [-0.25, -0.2) is 0 Å². The second-order valence-corrected chi connectivity index (χ2v) is 7.06. The minimum Gasteiger partial charge on any atom is -0.355 e. The largest absolute Gasteiger partial charge is 0.355 e. The van der Waals surface area contributed by atoms with Gasteiger partial charge in [0.05, 0.1) is 0 Å². The number of carbonyl (C=O) groups excluding carboxylic acids is 1. The number of carbonyl (C=O) groups is 1. The molecule has 0 aromatic heterocycles. The summed E-state index contributed by atoms with van der Waals surface area (Å²) >= 11 is 1.87. The van der Waals surface area contributed by atoms with Crippen LogP contribution in [-0.4, -0.2) is 29.5 Å². The van der Waals surface area contributed by atoms with E-state index in [1.807, 2.05) is 11.8 Å². The summed E-state index contributed by atoms with van der Waals surface area (Å²) in [6.07, 6.45) is 9.57. The third-order valence-electron chi connectivity index (χ3n) is 4.74. The van der Waals surface area contributed by atoms with E-state index in [9.17, 15) is 4.79 Å². The lowest BCUT2D eigenvalue weighted by molar-refractivity contribution is -0.122. The fraction of sp³-hybridized carbons (Fsp3) is 0.933. The normalized spacial score (nSPS) is 23.0. The third kappa shape index (κ3) is 5.82. The van der Waals surface area contributed by atoms with Crippen LogP contribution in [0.25, 0.3) is 0 Å². The standard InChI is InChI=1S/C15H30N2OS.ClH/c1-4-15(5-2,19-3)11-17-14(18)10-12-8-6-7-9-13(12)16;/h12-13H,4-11,16H2,1-3H3,(H,17,18);1H. The smallest absolute Gasteiger partial charge is 0.220 e. The molecule has 1 saturated carbocycles. The molecule has 120 valence electrons. The first-order valence-corrected chi connectivity index (χ1v) is 8.86. The van der Waals surface area contributed by atoms with E-state index in [2.05, 4.69) is 25.4 Å². The summed E-state index contributed by atoms with van der Waals surface area (Å²) in [6, 6.07) is 0.224. The monoisotopic (exact) mass is 322 g/mol. The second-order valence-electron chi connectivity index (χ2n) is 5.78. The van der Waals surface area contributed by atoms with Gasteiger partial charge in [-0.3, -0.25) is 4.79 Å². The predicted molar refractivity (Wildman–Crippen MR) is 91.6 cm³/mol.